The predicted octanol–water partition coefficient (Wildman–Crippen LogP) is 2.05. The minimum absolute atomic E-state index is 0.134. The van der Waals surface area contributed by atoms with E-state index >= 15 is 0 Å². The molecule has 0 aromatic heterocycles. The highest BCUT2D eigenvalue weighted by Gasteiger charge is 2.32. The molecule has 1 atom stereocenters. The lowest BCUT2D eigenvalue weighted by Gasteiger charge is -2.18. The molecule has 0 aliphatic carbocycles. The Bertz CT molecular complexity index is 396. The van der Waals surface area contributed by atoms with Crippen molar-refractivity contribution in [2.24, 2.45) is 5.73 Å². The van der Waals surface area contributed by atoms with Crippen LogP contribution in [0.15, 0.2) is 30.3 Å². The molecule has 1 aromatic carbocycles. The molecule has 15 heavy (non-hydrogen) atoms. The Kier molecular flexibility index (Phi) is 3.30. The van der Waals surface area contributed by atoms with Crippen molar-refractivity contribution in [1.29, 1.82) is 0 Å². The van der Waals surface area contributed by atoms with Gasteiger partial charge in [0.1, 0.15) is 5.50 Å². The summed E-state index contributed by atoms with van der Waals surface area (Å²) in [7, 11) is 2.76. The van der Waals surface area contributed by atoms with E-state index in [1.165, 1.54) is 26.5 Å². The van der Waals surface area contributed by atoms with Crippen LogP contribution >= 0.6 is 33.8 Å². The van der Waals surface area contributed by atoms with Gasteiger partial charge in [-0.25, -0.2) is 0 Å². The summed E-state index contributed by atoms with van der Waals surface area (Å²) in [6.45, 7) is 0. The Labute approximate surface area is 101 Å². The van der Waals surface area contributed by atoms with Gasteiger partial charge in [-0.3, -0.25) is 9.69 Å². The Morgan fingerprint density at radius 3 is 2.60 bits per heavy atom. The molecule has 0 spiro atoms. The maximum atomic E-state index is 12.0. The second-order valence-corrected chi connectivity index (χ2v) is 5.83. The largest absolute Gasteiger partial charge is 0.301 e. The van der Waals surface area contributed by atoms with E-state index in [-0.39, 0.29) is 11.4 Å². The van der Waals surface area contributed by atoms with Gasteiger partial charge in [0, 0.05) is 5.56 Å². The molecule has 1 unspecified atom stereocenters. The molecule has 6 heteroatoms. The van der Waals surface area contributed by atoms with Gasteiger partial charge in [-0.2, -0.15) is 0 Å². The Hall–Kier alpha value is -0.560. The number of rotatable bonds is 1. The van der Waals surface area contributed by atoms with Gasteiger partial charge in [-0.15, -0.1) is 0 Å². The minimum atomic E-state index is -0.379. The number of amides is 1. The molecule has 1 saturated heterocycles. The molecular formula is C9H8N2OS3. The topological polar surface area (TPSA) is 46.3 Å². The SMILES string of the molecule is NC1SSC(=S)N1C(=O)c1ccccc1. The predicted molar refractivity (Wildman–Crippen MR) is 68.4 cm³/mol. The first-order valence-corrected chi connectivity index (χ1v) is 6.84. The lowest BCUT2D eigenvalue weighted by molar-refractivity contribution is 0.0846. The van der Waals surface area contributed by atoms with Crippen LogP contribution in [0.25, 0.3) is 0 Å². The number of hydrogen-bond acceptors (Lipinski definition) is 5. The first-order valence-electron chi connectivity index (χ1n) is 4.21. The monoisotopic (exact) mass is 256 g/mol. The molecule has 1 heterocycles. The van der Waals surface area contributed by atoms with E-state index in [1.54, 1.807) is 12.1 Å². The van der Waals surface area contributed by atoms with E-state index in [0.717, 1.165) is 0 Å². The second kappa shape index (κ2) is 4.52. The number of thiocarbonyl (C=S) groups is 1. The molecule has 78 valence electrons. The minimum Gasteiger partial charge on any atom is -0.301 e. The summed E-state index contributed by atoms with van der Waals surface area (Å²) in [6, 6.07) is 9.01. The van der Waals surface area contributed by atoms with Crippen molar-refractivity contribution in [2.45, 2.75) is 5.50 Å². The summed E-state index contributed by atoms with van der Waals surface area (Å²) in [4.78, 5) is 13.4. The third-order valence-corrected chi connectivity index (χ3v) is 4.87. The Balaban J connectivity index is 2.25. The van der Waals surface area contributed by atoms with Crippen LogP contribution in [0, 0.1) is 0 Å². The van der Waals surface area contributed by atoms with E-state index in [0.29, 0.717) is 9.88 Å². The van der Waals surface area contributed by atoms with E-state index in [4.69, 9.17) is 18.0 Å². The maximum Gasteiger partial charge on any atom is 0.261 e. The third kappa shape index (κ3) is 2.17. The molecule has 1 aliphatic rings. The summed E-state index contributed by atoms with van der Waals surface area (Å²) in [5.41, 5.74) is 6.00. The van der Waals surface area contributed by atoms with Crippen molar-refractivity contribution in [3.63, 3.8) is 0 Å². The van der Waals surface area contributed by atoms with Crippen LogP contribution in [0.4, 0.5) is 0 Å². The van der Waals surface area contributed by atoms with Crippen LogP contribution in [0.2, 0.25) is 0 Å². The number of carbonyl (C=O) groups excluding carboxylic acids is 1. The third-order valence-electron chi connectivity index (χ3n) is 1.91. The number of hydrogen-bond donors (Lipinski definition) is 1. The van der Waals surface area contributed by atoms with Crippen LogP contribution in [-0.2, 0) is 0 Å². The van der Waals surface area contributed by atoms with Crippen molar-refractivity contribution < 1.29 is 4.79 Å². The van der Waals surface area contributed by atoms with Crippen LogP contribution in [-0.4, -0.2) is 20.6 Å². The van der Waals surface area contributed by atoms with Crippen LogP contribution in [0.1, 0.15) is 10.4 Å². The highest BCUT2D eigenvalue weighted by atomic mass is 33.1. The lowest BCUT2D eigenvalue weighted by atomic mass is 10.2. The maximum absolute atomic E-state index is 12.0. The number of carbonyl (C=O) groups is 1. The summed E-state index contributed by atoms with van der Waals surface area (Å²) in [5, 5.41) is 0. The molecule has 1 fully saturated rings. The van der Waals surface area contributed by atoms with Crippen molar-refractivity contribution in [3.05, 3.63) is 35.9 Å². The van der Waals surface area contributed by atoms with Crippen LogP contribution < -0.4 is 5.73 Å². The average molecular weight is 256 g/mol. The van der Waals surface area contributed by atoms with Gasteiger partial charge < -0.3 is 5.73 Å². The molecule has 1 amide bonds. The molecule has 0 radical (unpaired) electrons. The van der Waals surface area contributed by atoms with Gasteiger partial charge in [0.15, 0.2) is 4.32 Å². The van der Waals surface area contributed by atoms with Gasteiger partial charge in [0.25, 0.3) is 5.91 Å². The quantitative estimate of drug-likeness (QED) is 0.615. The summed E-state index contributed by atoms with van der Waals surface area (Å²) < 4.78 is 0.529. The van der Waals surface area contributed by atoms with E-state index < -0.39 is 0 Å². The number of benzene rings is 1. The first kappa shape index (κ1) is 10.9. The number of nitrogens with zero attached hydrogens (tertiary/aromatic N) is 1. The zero-order valence-corrected chi connectivity index (χ0v) is 10.1. The highest BCUT2D eigenvalue weighted by Crippen LogP contribution is 2.38. The van der Waals surface area contributed by atoms with Crippen LogP contribution in [0.5, 0.6) is 0 Å². The van der Waals surface area contributed by atoms with Gasteiger partial charge in [0.05, 0.1) is 0 Å². The summed E-state index contributed by atoms with van der Waals surface area (Å²) >= 11 is 5.06. The Morgan fingerprint density at radius 2 is 2.07 bits per heavy atom. The fourth-order valence-corrected chi connectivity index (χ4v) is 3.67. The number of nitrogens with two attached hydrogens (primary N) is 1. The van der Waals surface area contributed by atoms with Gasteiger partial charge in [-0.1, -0.05) is 30.4 Å². The van der Waals surface area contributed by atoms with Crippen LogP contribution in [0.3, 0.4) is 0 Å². The standard InChI is InChI=1S/C9H8N2OS3/c10-8-11(9(13)15-14-8)7(12)6-4-2-1-3-5-6/h1-5,8H,10H2. The van der Waals surface area contributed by atoms with E-state index in [1.807, 2.05) is 18.2 Å². The summed E-state index contributed by atoms with van der Waals surface area (Å²) in [6.07, 6.45) is 0. The van der Waals surface area contributed by atoms with Crippen molar-refractivity contribution >= 4 is 44.0 Å². The van der Waals surface area contributed by atoms with Crippen molar-refractivity contribution in [1.82, 2.24) is 4.90 Å². The molecule has 3 nitrogen and oxygen atoms in total. The fraction of sp³-hybridized carbons (Fsp3) is 0.111. The summed E-state index contributed by atoms with van der Waals surface area (Å²) in [5.74, 6) is -0.134. The molecule has 0 bridgehead atoms. The molecule has 0 saturated carbocycles. The first-order chi connectivity index (χ1) is 7.20. The molecule has 1 aromatic rings. The molecule has 2 N–H and O–H groups in total. The second-order valence-electron chi connectivity index (χ2n) is 2.88. The average Bonchev–Trinajstić information content (AvgIpc) is 2.59. The molecule has 1 aliphatic heterocycles. The highest BCUT2D eigenvalue weighted by molar-refractivity contribution is 8.84. The van der Waals surface area contributed by atoms with E-state index in [2.05, 4.69) is 0 Å². The fourth-order valence-electron chi connectivity index (χ4n) is 1.20. The smallest absolute Gasteiger partial charge is 0.261 e. The normalized spacial score (nSPS) is 20.7. The van der Waals surface area contributed by atoms with Gasteiger partial charge >= 0.3 is 0 Å². The molecular weight excluding hydrogens is 248 g/mol. The molecule has 2 rings (SSSR count). The zero-order chi connectivity index (χ0) is 10.8. The van der Waals surface area contributed by atoms with Gasteiger partial charge in [0.2, 0.25) is 0 Å². The Morgan fingerprint density at radius 1 is 1.40 bits per heavy atom. The van der Waals surface area contributed by atoms with Crippen molar-refractivity contribution in [2.75, 3.05) is 0 Å². The van der Waals surface area contributed by atoms with E-state index in [9.17, 15) is 4.79 Å². The van der Waals surface area contributed by atoms with Crippen molar-refractivity contribution in [3.8, 4) is 0 Å². The lowest BCUT2D eigenvalue weighted by Crippen LogP contribution is -2.41. The zero-order valence-electron chi connectivity index (χ0n) is 7.62. The van der Waals surface area contributed by atoms with Gasteiger partial charge in [-0.05, 0) is 33.7 Å².